The zero-order chi connectivity index (χ0) is 30.6. The Labute approximate surface area is 231 Å². The van der Waals surface area contributed by atoms with Gasteiger partial charge in [0.1, 0.15) is 12.3 Å². The number of aryl methyl sites for hydroxylation is 1. The molecule has 3 rings (SSSR count). The number of alkyl halides is 6. The maximum atomic E-state index is 13.8. The Bertz CT molecular complexity index is 1490. The highest BCUT2D eigenvalue weighted by Gasteiger charge is 2.38. The molecule has 1 N–H and O–H groups in total. The molecule has 0 amide bonds. The van der Waals surface area contributed by atoms with E-state index in [2.05, 4.69) is 5.16 Å². The lowest BCUT2D eigenvalue weighted by Crippen LogP contribution is -2.31. The smallest absolute Gasteiger partial charge is 0.417 e. The summed E-state index contributed by atoms with van der Waals surface area (Å²) >= 11 is 0. The van der Waals surface area contributed by atoms with E-state index in [9.17, 15) is 44.7 Å². The van der Waals surface area contributed by atoms with Crippen LogP contribution in [-0.2, 0) is 38.4 Å². The molecule has 0 heterocycles. The highest BCUT2D eigenvalue weighted by molar-refractivity contribution is 7.89. The molecular formula is C27H24F6N2O5S. The SMILES string of the molecule is Cc1cccc(S(=O)(=O)N(C)CCON=C(c2ccccc2C(F)(F)F)c2ccccc2C(F)(F)F)c1CC(=O)O. The van der Waals surface area contributed by atoms with Crippen molar-refractivity contribution in [1.82, 2.24) is 4.31 Å². The third-order valence-corrected chi connectivity index (χ3v) is 7.95. The van der Waals surface area contributed by atoms with Crippen LogP contribution in [0, 0.1) is 6.92 Å². The van der Waals surface area contributed by atoms with Crippen LogP contribution >= 0.6 is 0 Å². The molecule has 0 aliphatic rings. The van der Waals surface area contributed by atoms with Gasteiger partial charge in [-0.25, -0.2) is 8.42 Å². The molecule has 0 radical (unpaired) electrons. The van der Waals surface area contributed by atoms with E-state index in [1.807, 2.05) is 0 Å². The molecular weight excluding hydrogens is 578 g/mol. The van der Waals surface area contributed by atoms with E-state index in [1.54, 1.807) is 13.0 Å². The third-order valence-electron chi connectivity index (χ3n) is 6.01. The number of oxime groups is 1. The Morgan fingerprint density at radius 1 is 0.878 bits per heavy atom. The summed E-state index contributed by atoms with van der Waals surface area (Å²) in [5, 5.41) is 12.8. The number of benzene rings is 3. The van der Waals surface area contributed by atoms with E-state index in [0.717, 1.165) is 35.6 Å². The number of sulfonamides is 1. The number of nitrogens with zero attached hydrogens (tertiary/aromatic N) is 2. The molecule has 3 aromatic carbocycles. The van der Waals surface area contributed by atoms with Crippen LogP contribution in [0.15, 0.2) is 76.8 Å². The van der Waals surface area contributed by atoms with Crippen molar-refractivity contribution in [2.45, 2.75) is 30.6 Å². The van der Waals surface area contributed by atoms with E-state index in [0.29, 0.717) is 17.7 Å². The maximum Gasteiger partial charge on any atom is 0.417 e. The van der Waals surface area contributed by atoms with Gasteiger partial charge in [-0.3, -0.25) is 4.79 Å². The number of carbonyl (C=O) groups is 1. The molecule has 0 aliphatic carbocycles. The summed E-state index contributed by atoms with van der Waals surface area (Å²) in [4.78, 5) is 16.1. The number of carboxylic acid groups (broad SMARTS) is 1. The summed E-state index contributed by atoms with van der Waals surface area (Å²) in [7, 11) is -3.09. The van der Waals surface area contributed by atoms with Crippen LogP contribution in [0.4, 0.5) is 26.3 Å². The van der Waals surface area contributed by atoms with Gasteiger partial charge < -0.3 is 9.94 Å². The van der Waals surface area contributed by atoms with Crippen LogP contribution in [0.25, 0.3) is 0 Å². The van der Waals surface area contributed by atoms with Gasteiger partial charge in [0.2, 0.25) is 10.0 Å². The molecule has 0 atom stereocenters. The van der Waals surface area contributed by atoms with E-state index >= 15 is 0 Å². The fourth-order valence-electron chi connectivity index (χ4n) is 3.98. The van der Waals surface area contributed by atoms with Gasteiger partial charge in [-0.05, 0) is 36.2 Å². The minimum atomic E-state index is -4.93. The third kappa shape index (κ3) is 7.44. The van der Waals surface area contributed by atoms with Crippen LogP contribution in [0.2, 0.25) is 0 Å². The number of halogens is 6. The van der Waals surface area contributed by atoms with Gasteiger partial charge in [-0.15, -0.1) is 0 Å². The van der Waals surface area contributed by atoms with E-state index in [-0.39, 0.29) is 10.5 Å². The molecule has 3 aromatic rings. The summed E-state index contributed by atoms with van der Waals surface area (Å²) < 4.78 is 110. The Morgan fingerprint density at radius 3 is 1.88 bits per heavy atom. The maximum absolute atomic E-state index is 13.8. The number of aliphatic carboxylic acids is 1. The van der Waals surface area contributed by atoms with Crippen LogP contribution in [0.1, 0.15) is 33.4 Å². The van der Waals surface area contributed by atoms with E-state index in [4.69, 9.17) is 4.84 Å². The van der Waals surface area contributed by atoms with Crippen molar-refractivity contribution in [3.8, 4) is 0 Å². The summed E-state index contributed by atoms with van der Waals surface area (Å²) in [6.07, 6.45) is -10.4. The lowest BCUT2D eigenvalue weighted by Gasteiger charge is -2.20. The minimum absolute atomic E-state index is 0.0700. The van der Waals surface area contributed by atoms with Crippen molar-refractivity contribution in [1.29, 1.82) is 0 Å². The predicted molar refractivity (Wildman–Crippen MR) is 137 cm³/mol. The first-order chi connectivity index (χ1) is 19.0. The average molecular weight is 603 g/mol. The first-order valence-corrected chi connectivity index (χ1v) is 13.3. The summed E-state index contributed by atoms with van der Waals surface area (Å²) in [6, 6.07) is 12.1. The van der Waals surface area contributed by atoms with Crippen LogP contribution in [-0.4, -0.2) is 49.7 Å². The van der Waals surface area contributed by atoms with Crippen molar-refractivity contribution in [2.75, 3.05) is 20.2 Å². The Balaban J connectivity index is 1.96. The summed E-state index contributed by atoms with van der Waals surface area (Å²) in [5.74, 6) is -1.25. The average Bonchev–Trinajstić information content (AvgIpc) is 2.88. The van der Waals surface area contributed by atoms with Crippen molar-refractivity contribution in [3.05, 3.63) is 100 Å². The fourth-order valence-corrected chi connectivity index (χ4v) is 5.43. The fraction of sp³-hybridized carbons (Fsp3) is 0.259. The molecule has 14 heteroatoms. The molecule has 0 spiro atoms. The second-order valence-corrected chi connectivity index (χ2v) is 10.8. The van der Waals surface area contributed by atoms with Crippen molar-refractivity contribution in [3.63, 3.8) is 0 Å². The normalized spacial score (nSPS) is 12.3. The molecule has 7 nitrogen and oxygen atoms in total. The molecule has 41 heavy (non-hydrogen) atoms. The molecule has 0 unspecified atom stereocenters. The zero-order valence-electron chi connectivity index (χ0n) is 21.6. The molecule has 0 saturated heterocycles. The van der Waals surface area contributed by atoms with Gasteiger partial charge in [-0.1, -0.05) is 53.7 Å². The molecule has 0 bridgehead atoms. The van der Waals surface area contributed by atoms with Crippen LogP contribution in [0.3, 0.4) is 0 Å². The van der Waals surface area contributed by atoms with Gasteiger partial charge in [0.05, 0.1) is 29.0 Å². The Morgan fingerprint density at radius 2 is 1.39 bits per heavy atom. The van der Waals surface area contributed by atoms with Gasteiger partial charge in [-0.2, -0.15) is 30.6 Å². The van der Waals surface area contributed by atoms with E-state index < -0.39 is 75.9 Å². The van der Waals surface area contributed by atoms with Crippen molar-refractivity contribution < 1.29 is 49.5 Å². The molecule has 0 aromatic heterocycles. The first-order valence-electron chi connectivity index (χ1n) is 11.8. The standard InChI is InChI=1S/C27H24F6N2O5S/c1-17-8-7-13-23(20(17)16-24(36)37)41(38,39)35(2)14-15-40-34-25(18-9-3-5-11-21(18)26(28,29)30)19-10-4-6-12-22(19)27(31,32)33/h3-13H,14-16H2,1-2H3,(H,36,37). The Kier molecular flexibility index (Phi) is 9.49. The number of rotatable bonds is 10. The highest BCUT2D eigenvalue weighted by Crippen LogP contribution is 2.37. The van der Waals surface area contributed by atoms with Gasteiger partial charge >= 0.3 is 18.3 Å². The number of hydrogen-bond acceptors (Lipinski definition) is 5. The van der Waals surface area contributed by atoms with Crippen LogP contribution < -0.4 is 0 Å². The summed E-state index contributed by atoms with van der Waals surface area (Å²) in [5.41, 5.74) is -4.08. The number of hydrogen-bond donors (Lipinski definition) is 1. The second-order valence-electron chi connectivity index (χ2n) is 8.81. The zero-order valence-corrected chi connectivity index (χ0v) is 22.4. The lowest BCUT2D eigenvalue weighted by atomic mass is 9.94. The number of carboxylic acids is 1. The predicted octanol–water partition coefficient (Wildman–Crippen LogP) is 5.75. The monoisotopic (exact) mass is 602 g/mol. The molecule has 220 valence electrons. The topological polar surface area (TPSA) is 96.3 Å². The van der Waals surface area contributed by atoms with Crippen LogP contribution in [0.5, 0.6) is 0 Å². The largest absolute Gasteiger partial charge is 0.481 e. The highest BCUT2D eigenvalue weighted by atomic mass is 32.2. The molecule has 0 aliphatic heterocycles. The lowest BCUT2D eigenvalue weighted by molar-refractivity contribution is -0.138. The Hall–Kier alpha value is -3.91. The van der Waals surface area contributed by atoms with Gasteiger partial charge in [0, 0.05) is 18.2 Å². The second kappa shape index (κ2) is 12.3. The summed E-state index contributed by atoms with van der Waals surface area (Å²) in [6.45, 7) is 0.581. The van der Waals surface area contributed by atoms with E-state index in [1.165, 1.54) is 24.3 Å². The van der Waals surface area contributed by atoms with Crippen molar-refractivity contribution in [2.24, 2.45) is 5.16 Å². The van der Waals surface area contributed by atoms with Gasteiger partial charge in [0.15, 0.2) is 0 Å². The molecule has 0 saturated carbocycles. The quantitative estimate of drug-likeness (QED) is 0.138. The first kappa shape index (κ1) is 31.6. The van der Waals surface area contributed by atoms with Crippen molar-refractivity contribution >= 4 is 21.7 Å². The minimum Gasteiger partial charge on any atom is -0.481 e. The van der Waals surface area contributed by atoms with Gasteiger partial charge in [0.25, 0.3) is 0 Å². The molecule has 0 fully saturated rings. The number of likely N-dealkylation sites (N-methyl/N-ethyl adjacent to an activating group) is 1.